The molecule has 0 radical (unpaired) electrons. The average molecular weight is 366 g/mol. The minimum Gasteiger partial charge on any atom is -0.479 e. The summed E-state index contributed by atoms with van der Waals surface area (Å²) in [7, 11) is 0. The number of hydrogen-bond donors (Lipinski definition) is 5. The van der Waals surface area contributed by atoms with Crippen LogP contribution in [0.3, 0.4) is 0 Å². The predicted octanol–water partition coefficient (Wildman–Crippen LogP) is -0.638. The molecule has 5 atom stereocenters. The molecular formula is C17H22N2O7. The minimum absolute atomic E-state index is 0.144. The zero-order valence-corrected chi connectivity index (χ0v) is 13.9. The number of carboxylic acids is 2. The number of aliphatic hydroxyl groups is 1. The van der Waals surface area contributed by atoms with E-state index in [2.05, 4.69) is 0 Å². The highest BCUT2D eigenvalue weighted by atomic mass is 16.5. The molecule has 2 rings (SSSR count). The Kier molecular flexibility index (Phi) is 6.09. The Hall–Kier alpha value is -2.33. The molecule has 1 aliphatic carbocycles. The highest BCUT2D eigenvalue weighted by Crippen LogP contribution is 2.27. The van der Waals surface area contributed by atoms with Crippen LogP contribution >= 0.6 is 0 Å². The molecule has 142 valence electrons. The number of ether oxygens (including phenoxy) is 1. The van der Waals surface area contributed by atoms with E-state index in [1.165, 1.54) is 24.3 Å². The molecule has 7 N–H and O–H groups in total. The fraction of sp³-hybridized carbons (Fsp3) is 0.471. The van der Waals surface area contributed by atoms with Crippen LogP contribution in [0.1, 0.15) is 29.6 Å². The molecule has 0 aliphatic heterocycles. The quantitative estimate of drug-likeness (QED) is 0.311. The minimum atomic E-state index is -3.28. The number of carbonyl (C=O) groups is 3. The molecule has 9 heteroatoms. The predicted molar refractivity (Wildman–Crippen MR) is 89.5 cm³/mol. The number of rotatable bonds is 7. The Morgan fingerprint density at radius 1 is 1.08 bits per heavy atom. The van der Waals surface area contributed by atoms with E-state index in [1.54, 1.807) is 6.07 Å². The summed E-state index contributed by atoms with van der Waals surface area (Å²) in [5, 5.41) is 29.5. The molecule has 0 amide bonds. The zero-order valence-electron chi connectivity index (χ0n) is 13.9. The van der Waals surface area contributed by atoms with Gasteiger partial charge in [0.05, 0.1) is 6.10 Å². The van der Waals surface area contributed by atoms with Gasteiger partial charge in [0.2, 0.25) is 11.9 Å². The van der Waals surface area contributed by atoms with Gasteiger partial charge in [-0.25, -0.2) is 9.59 Å². The van der Waals surface area contributed by atoms with Gasteiger partial charge in [-0.05, 0) is 19.3 Å². The summed E-state index contributed by atoms with van der Waals surface area (Å²) < 4.78 is 5.35. The van der Waals surface area contributed by atoms with Crippen molar-refractivity contribution in [1.29, 1.82) is 0 Å². The highest BCUT2D eigenvalue weighted by Gasteiger charge is 2.56. The van der Waals surface area contributed by atoms with Crippen LogP contribution in [0, 0.1) is 0 Å². The van der Waals surface area contributed by atoms with Crippen molar-refractivity contribution >= 4 is 17.7 Å². The summed E-state index contributed by atoms with van der Waals surface area (Å²) in [5.74, 6) is -5.03. The lowest BCUT2D eigenvalue weighted by atomic mass is 9.85. The molecule has 9 nitrogen and oxygen atoms in total. The standard InChI is InChI=1S/C17H22N2O7/c18-11-7-6-10(8-12(11)19)26-14(15(21)22)17(25,16(23)24)13(20)9-4-2-1-3-5-9/h1-5,10-12,14,25H,6-8,18-19H2,(H,21,22)(H,23,24)/t10?,11-,12-,14?,17?/m1/s1. The number of ketones is 1. The molecule has 3 unspecified atom stereocenters. The number of benzene rings is 1. The fourth-order valence-electron chi connectivity index (χ4n) is 2.98. The van der Waals surface area contributed by atoms with E-state index in [0.29, 0.717) is 12.8 Å². The molecule has 0 bridgehead atoms. The van der Waals surface area contributed by atoms with Crippen LogP contribution in [0.15, 0.2) is 30.3 Å². The van der Waals surface area contributed by atoms with Crippen molar-refractivity contribution in [1.82, 2.24) is 0 Å². The summed E-state index contributed by atoms with van der Waals surface area (Å²) in [6.45, 7) is 0. The van der Waals surface area contributed by atoms with Gasteiger partial charge in [-0.2, -0.15) is 0 Å². The number of aliphatic carboxylic acids is 2. The first-order chi connectivity index (χ1) is 12.2. The summed E-state index contributed by atoms with van der Waals surface area (Å²) in [4.78, 5) is 35.9. The van der Waals surface area contributed by atoms with Gasteiger partial charge in [0.15, 0.2) is 0 Å². The summed E-state index contributed by atoms with van der Waals surface area (Å²) in [5.41, 5.74) is 8.21. The third kappa shape index (κ3) is 3.91. The second-order valence-electron chi connectivity index (χ2n) is 6.38. The van der Waals surface area contributed by atoms with Gasteiger partial charge in [-0.15, -0.1) is 0 Å². The smallest absolute Gasteiger partial charge is 0.347 e. The highest BCUT2D eigenvalue weighted by molar-refractivity contribution is 6.17. The summed E-state index contributed by atoms with van der Waals surface area (Å²) in [6, 6.07) is 6.36. The lowest BCUT2D eigenvalue weighted by molar-refractivity contribution is -0.189. The van der Waals surface area contributed by atoms with Gasteiger partial charge >= 0.3 is 11.9 Å². The third-order valence-electron chi connectivity index (χ3n) is 4.55. The molecule has 1 saturated carbocycles. The summed E-state index contributed by atoms with van der Waals surface area (Å²) >= 11 is 0. The molecule has 0 aromatic heterocycles. The zero-order chi connectivity index (χ0) is 19.5. The molecule has 1 fully saturated rings. The Balaban J connectivity index is 2.32. The van der Waals surface area contributed by atoms with Gasteiger partial charge in [0, 0.05) is 17.6 Å². The molecule has 0 saturated heterocycles. The van der Waals surface area contributed by atoms with E-state index in [4.69, 9.17) is 16.2 Å². The Morgan fingerprint density at radius 3 is 2.19 bits per heavy atom. The first-order valence-electron chi connectivity index (χ1n) is 8.13. The molecule has 0 spiro atoms. The van der Waals surface area contributed by atoms with Crippen LogP contribution in [-0.4, -0.2) is 62.9 Å². The van der Waals surface area contributed by atoms with E-state index in [1.807, 2.05) is 0 Å². The van der Waals surface area contributed by atoms with Crippen LogP contribution in [0.4, 0.5) is 0 Å². The van der Waals surface area contributed by atoms with E-state index in [0.717, 1.165) is 0 Å². The first-order valence-corrected chi connectivity index (χ1v) is 8.13. The summed E-state index contributed by atoms with van der Waals surface area (Å²) in [6.07, 6.45) is -2.04. The number of carbonyl (C=O) groups excluding carboxylic acids is 1. The van der Waals surface area contributed by atoms with Crippen molar-refractivity contribution in [3.8, 4) is 0 Å². The third-order valence-corrected chi connectivity index (χ3v) is 4.55. The lowest BCUT2D eigenvalue weighted by Crippen LogP contribution is -2.61. The normalized spacial score (nSPS) is 26.5. The maximum Gasteiger partial charge on any atom is 0.347 e. The van der Waals surface area contributed by atoms with Crippen LogP contribution in [0.2, 0.25) is 0 Å². The Labute approximate surface area is 149 Å². The van der Waals surface area contributed by atoms with E-state index in [9.17, 15) is 29.7 Å². The monoisotopic (exact) mass is 366 g/mol. The Morgan fingerprint density at radius 2 is 1.69 bits per heavy atom. The van der Waals surface area contributed by atoms with Crippen LogP contribution in [-0.2, 0) is 14.3 Å². The molecule has 1 aromatic carbocycles. The second-order valence-corrected chi connectivity index (χ2v) is 6.38. The van der Waals surface area contributed by atoms with Crippen molar-refractivity contribution < 1.29 is 34.4 Å². The van der Waals surface area contributed by atoms with E-state index >= 15 is 0 Å². The van der Waals surface area contributed by atoms with Crippen molar-refractivity contribution in [3.05, 3.63) is 35.9 Å². The number of nitrogens with two attached hydrogens (primary N) is 2. The van der Waals surface area contributed by atoms with Gasteiger partial charge < -0.3 is 31.5 Å². The topological polar surface area (TPSA) is 173 Å². The largest absolute Gasteiger partial charge is 0.479 e. The van der Waals surface area contributed by atoms with Gasteiger partial charge in [-0.3, -0.25) is 4.79 Å². The molecule has 0 heterocycles. The van der Waals surface area contributed by atoms with E-state index < -0.39 is 41.6 Å². The number of Topliss-reactive ketones (excluding diaryl/α,β-unsaturated/α-hetero) is 1. The molecular weight excluding hydrogens is 344 g/mol. The van der Waals surface area contributed by atoms with Crippen molar-refractivity contribution in [3.63, 3.8) is 0 Å². The van der Waals surface area contributed by atoms with Gasteiger partial charge in [0.25, 0.3) is 5.60 Å². The van der Waals surface area contributed by atoms with Crippen molar-refractivity contribution in [2.45, 2.75) is 49.2 Å². The van der Waals surface area contributed by atoms with Gasteiger partial charge in [-0.1, -0.05) is 30.3 Å². The van der Waals surface area contributed by atoms with Crippen LogP contribution in [0.5, 0.6) is 0 Å². The van der Waals surface area contributed by atoms with Crippen molar-refractivity contribution in [2.24, 2.45) is 11.5 Å². The lowest BCUT2D eigenvalue weighted by Gasteiger charge is -2.36. The fourth-order valence-corrected chi connectivity index (χ4v) is 2.98. The molecule has 1 aliphatic rings. The number of carboxylic acid groups (broad SMARTS) is 2. The van der Waals surface area contributed by atoms with Crippen molar-refractivity contribution in [2.75, 3.05) is 0 Å². The van der Waals surface area contributed by atoms with E-state index in [-0.39, 0.29) is 18.0 Å². The number of hydrogen-bond acceptors (Lipinski definition) is 7. The van der Waals surface area contributed by atoms with Crippen LogP contribution in [0.25, 0.3) is 0 Å². The SMILES string of the molecule is N[C@@H]1CCC(OC(C(=O)O)C(O)(C(=O)O)C(=O)c2ccccc2)C[C@H]1N. The average Bonchev–Trinajstić information content (AvgIpc) is 2.61. The molecule has 26 heavy (non-hydrogen) atoms. The maximum atomic E-state index is 12.6. The van der Waals surface area contributed by atoms with Crippen LogP contribution < -0.4 is 11.5 Å². The first kappa shape index (κ1) is 20.0. The maximum absolute atomic E-state index is 12.6. The Bertz CT molecular complexity index is 681. The van der Waals surface area contributed by atoms with Gasteiger partial charge in [0.1, 0.15) is 0 Å². The molecule has 1 aromatic rings. The second kappa shape index (κ2) is 7.92.